The summed E-state index contributed by atoms with van der Waals surface area (Å²) in [5.41, 5.74) is 1.66. The summed E-state index contributed by atoms with van der Waals surface area (Å²) >= 11 is 0. The number of anilines is 1. The van der Waals surface area contributed by atoms with Crippen LogP contribution in [0.3, 0.4) is 0 Å². The highest BCUT2D eigenvalue weighted by molar-refractivity contribution is 6.01. The number of rotatable bonds is 2. The van der Waals surface area contributed by atoms with Crippen molar-refractivity contribution in [1.29, 1.82) is 0 Å². The predicted octanol–water partition coefficient (Wildman–Crippen LogP) is 1.16. The second-order valence-corrected chi connectivity index (χ2v) is 5.34. The van der Waals surface area contributed by atoms with Crippen LogP contribution in [-0.2, 0) is 0 Å². The van der Waals surface area contributed by atoms with Crippen molar-refractivity contribution in [2.45, 2.75) is 13.8 Å². The Hall–Kier alpha value is -3.23. The maximum atomic E-state index is 12.4. The van der Waals surface area contributed by atoms with Gasteiger partial charge in [-0.15, -0.1) is 5.10 Å². The molecule has 1 aliphatic rings. The second-order valence-electron chi connectivity index (χ2n) is 5.34. The highest BCUT2D eigenvalue weighted by Crippen LogP contribution is 2.29. The number of nitrogens with one attached hydrogen (secondary N) is 1. The molecule has 4 heterocycles. The molecule has 122 valence electrons. The molecular weight excluding hydrogens is 312 g/mol. The van der Waals surface area contributed by atoms with Gasteiger partial charge in [0.15, 0.2) is 5.75 Å². The van der Waals surface area contributed by atoms with Gasteiger partial charge in [-0.1, -0.05) is 0 Å². The zero-order valence-electron chi connectivity index (χ0n) is 13.1. The number of hydrogen-bond acceptors (Lipinski definition) is 7. The van der Waals surface area contributed by atoms with Crippen LogP contribution in [0.4, 0.5) is 5.82 Å². The molecule has 0 unspecified atom stereocenters. The van der Waals surface area contributed by atoms with Crippen molar-refractivity contribution in [3.8, 4) is 11.6 Å². The molecule has 0 bridgehead atoms. The Morgan fingerprint density at radius 1 is 1.17 bits per heavy atom. The molecular formula is C15H14N6O3. The van der Waals surface area contributed by atoms with Crippen LogP contribution < -0.4 is 14.8 Å². The van der Waals surface area contributed by atoms with Crippen LogP contribution in [0.25, 0.3) is 5.78 Å². The Labute approximate surface area is 136 Å². The quantitative estimate of drug-likeness (QED) is 0.753. The van der Waals surface area contributed by atoms with Crippen molar-refractivity contribution < 1.29 is 14.3 Å². The number of nitrogens with zero attached hydrogens (tertiary/aromatic N) is 5. The third-order valence-electron chi connectivity index (χ3n) is 3.47. The van der Waals surface area contributed by atoms with Crippen molar-refractivity contribution in [1.82, 2.24) is 24.6 Å². The smallest absolute Gasteiger partial charge is 0.296 e. The van der Waals surface area contributed by atoms with E-state index >= 15 is 0 Å². The first-order valence-corrected chi connectivity index (χ1v) is 7.39. The van der Waals surface area contributed by atoms with Gasteiger partial charge in [-0.25, -0.2) is 9.50 Å². The van der Waals surface area contributed by atoms with Crippen molar-refractivity contribution >= 4 is 17.5 Å². The number of hydrogen-bond donors (Lipinski definition) is 1. The van der Waals surface area contributed by atoms with Crippen molar-refractivity contribution in [2.75, 3.05) is 18.5 Å². The van der Waals surface area contributed by atoms with Gasteiger partial charge in [0.05, 0.1) is 0 Å². The summed E-state index contributed by atoms with van der Waals surface area (Å²) in [7, 11) is 0. The van der Waals surface area contributed by atoms with E-state index in [0.29, 0.717) is 36.4 Å². The molecule has 0 fully saturated rings. The largest absolute Gasteiger partial charge is 0.484 e. The number of amides is 1. The SMILES string of the molecule is Cc1cc(C)n2nc(C(=O)Nc3ccc4c(n3)OCCO4)nc2n1. The molecule has 0 aromatic carbocycles. The van der Waals surface area contributed by atoms with E-state index in [4.69, 9.17) is 9.47 Å². The van der Waals surface area contributed by atoms with Gasteiger partial charge in [0.1, 0.15) is 19.0 Å². The summed E-state index contributed by atoms with van der Waals surface area (Å²) in [6, 6.07) is 5.20. The molecule has 0 saturated heterocycles. The third kappa shape index (κ3) is 2.49. The number of aryl methyl sites for hydroxylation is 2. The normalized spacial score (nSPS) is 13.1. The van der Waals surface area contributed by atoms with Crippen LogP contribution >= 0.6 is 0 Å². The van der Waals surface area contributed by atoms with E-state index in [1.807, 2.05) is 19.9 Å². The minimum Gasteiger partial charge on any atom is -0.484 e. The minimum atomic E-state index is -0.471. The van der Waals surface area contributed by atoms with E-state index in [9.17, 15) is 4.79 Å². The zero-order valence-corrected chi connectivity index (χ0v) is 13.1. The van der Waals surface area contributed by atoms with Gasteiger partial charge in [-0.2, -0.15) is 9.97 Å². The summed E-state index contributed by atoms with van der Waals surface area (Å²) in [5, 5.41) is 6.84. The van der Waals surface area contributed by atoms with E-state index < -0.39 is 5.91 Å². The Bertz CT molecular complexity index is 952. The van der Waals surface area contributed by atoms with E-state index in [1.165, 1.54) is 4.52 Å². The number of pyridine rings is 1. The first-order valence-electron chi connectivity index (χ1n) is 7.39. The van der Waals surface area contributed by atoms with Crippen LogP contribution in [0.1, 0.15) is 22.0 Å². The summed E-state index contributed by atoms with van der Waals surface area (Å²) in [6.07, 6.45) is 0. The summed E-state index contributed by atoms with van der Waals surface area (Å²) in [4.78, 5) is 25.0. The minimum absolute atomic E-state index is 0.0212. The van der Waals surface area contributed by atoms with Gasteiger partial charge in [0.2, 0.25) is 5.82 Å². The standard InChI is InChI=1S/C15H14N6O3/c1-8-7-9(2)21-15(16-8)19-12(20-21)13(22)17-11-4-3-10-14(18-11)24-6-5-23-10/h3-4,7H,5-6H2,1-2H3,(H,17,18,22). The van der Waals surface area contributed by atoms with Crippen molar-refractivity contribution in [3.63, 3.8) is 0 Å². The van der Waals surface area contributed by atoms with Crippen LogP contribution in [-0.4, -0.2) is 43.7 Å². The van der Waals surface area contributed by atoms with E-state index in [2.05, 4.69) is 25.4 Å². The lowest BCUT2D eigenvalue weighted by molar-refractivity contribution is 0.101. The molecule has 9 nitrogen and oxygen atoms in total. The zero-order chi connectivity index (χ0) is 16.7. The molecule has 0 aliphatic carbocycles. The van der Waals surface area contributed by atoms with Crippen LogP contribution in [0.5, 0.6) is 11.6 Å². The van der Waals surface area contributed by atoms with Gasteiger partial charge in [-0.3, -0.25) is 4.79 Å². The molecule has 0 atom stereocenters. The second kappa shape index (κ2) is 5.44. The molecule has 3 aromatic rings. The van der Waals surface area contributed by atoms with Crippen LogP contribution in [0.15, 0.2) is 18.2 Å². The third-order valence-corrected chi connectivity index (χ3v) is 3.47. The van der Waals surface area contributed by atoms with Gasteiger partial charge >= 0.3 is 0 Å². The fourth-order valence-corrected chi connectivity index (χ4v) is 2.44. The average Bonchev–Trinajstić information content (AvgIpc) is 2.99. The lowest BCUT2D eigenvalue weighted by atomic mass is 10.4. The van der Waals surface area contributed by atoms with Crippen LogP contribution in [0, 0.1) is 13.8 Å². The van der Waals surface area contributed by atoms with E-state index in [0.717, 1.165) is 11.4 Å². The maximum absolute atomic E-state index is 12.4. The highest BCUT2D eigenvalue weighted by atomic mass is 16.6. The van der Waals surface area contributed by atoms with Gasteiger partial charge < -0.3 is 14.8 Å². The number of aromatic nitrogens is 5. The average molecular weight is 326 g/mol. The van der Waals surface area contributed by atoms with Gasteiger partial charge in [0.25, 0.3) is 17.6 Å². The fourth-order valence-electron chi connectivity index (χ4n) is 2.44. The molecule has 1 N–H and O–H groups in total. The maximum Gasteiger partial charge on any atom is 0.296 e. The molecule has 0 saturated carbocycles. The molecule has 24 heavy (non-hydrogen) atoms. The lowest BCUT2D eigenvalue weighted by Crippen LogP contribution is -2.18. The first kappa shape index (κ1) is 14.4. The number of carbonyl (C=O) groups excluding carboxylic acids is 1. The van der Waals surface area contributed by atoms with Gasteiger partial charge in [0, 0.05) is 11.4 Å². The summed E-state index contributed by atoms with van der Waals surface area (Å²) < 4.78 is 12.3. The first-order chi connectivity index (χ1) is 11.6. The highest BCUT2D eigenvalue weighted by Gasteiger charge is 2.18. The van der Waals surface area contributed by atoms with Gasteiger partial charge in [-0.05, 0) is 32.0 Å². The Morgan fingerprint density at radius 3 is 2.88 bits per heavy atom. The molecule has 4 rings (SSSR count). The fraction of sp³-hybridized carbons (Fsp3) is 0.267. The molecule has 1 aliphatic heterocycles. The molecule has 1 amide bonds. The van der Waals surface area contributed by atoms with E-state index in [1.54, 1.807) is 12.1 Å². The summed E-state index contributed by atoms with van der Waals surface area (Å²) in [6.45, 7) is 4.65. The molecule has 0 radical (unpaired) electrons. The number of fused-ring (bicyclic) bond motifs is 2. The Balaban J connectivity index is 1.61. The summed E-state index contributed by atoms with van der Waals surface area (Å²) in [5.74, 6) is 1.18. The monoisotopic (exact) mass is 326 g/mol. The Morgan fingerprint density at radius 2 is 2.00 bits per heavy atom. The van der Waals surface area contributed by atoms with Crippen molar-refractivity contribution in [2.24, 2.45) is 0 Å². The molecule has 9 heteroatoms. The predicted molar refractivity (Wildman–Crippen MR) is 83.4 cm³/mol. The topological polar surface area (TPSA) is 104 Å². The number of carbonyl (C=O) groups is 1. The molecule has 0 spiro atoms. The Kier molecular flexibility index (Phi) is 3.26. The lowest BCUT2D eigenvalue weighted by Gasteiger charge is -2.17. The van der Waals surface area contributed by atoms with Crippen LogP contribution in [0.2, 0.25) is 0 Å². The van der Waals surface area contributed by atoms with E-state index in [-0.39, 0.29) is 5.82 Å². The molecule has 3 aromatic heterocycles. The number of ether oxygens (including phenoxy) is 2. The van der Waals surface area contributed by atoms with Crippen molar-refractivity contribution in [3.05, 3.63) is 35.4 Å².